The van der Waals surface area contributed by atoms with Crippen LogP contribution in [0.5, 0.6) is 0 Å². The number of amides is 1. The lowest BCUT2D eigenvalue weighted by Gasteiger charge is -2.04. The van der Waals surface area contributed by atoms with E-state index in [1.165, 1.54) is 0 Å². The summed E-state index contributed by atoms with van der Waals surface area (Å²) in [5.41, 5.74) is 4.68. The van der Waals surface area contributed by atoms with Crippen LogP contribution in [0.4, 0.5) is 11.5 Å². The number of anilines is 1. The van der Waals surface area contributed by atoms with Crippen molar-refractivity contribution in [3.8, 4) is 0 Å². The van der Waals surface area contributed by atoms with Crippen molar-refractivity contribution in [3.05, 3.63) is 21.6 Å². The topological polar surface area (TPSA) is 124 Å². The van der Waals surface area contributed by atoms with Crippen molar-refractivity contribution in [2.24, 2.45) is 5.73 Å². The Morgan fingerprint density at radius 3 is 2.94 bits per heavy atom. The van der Waals surface area contributed by atoms with Gasteiger partial charge in [0.2, 0.25) is 17.0 Å². The highest BCUT2D eigenvalue weighted by Crippen LogP contribution is 2.21. The highest BCUT2D eigenvalue weighted by atomic mass is 35.5. The molecule has 0 aliphatic rings. The van der Waals surface area contributed by atoms with Crippen molar-refractivity contribution in [3.63, 3.8) is 0 Å². The molecule has 0 saturated heterocycles. The molecule has 8 nitrogen and oxygen atoms in total. The molecule has 0 fully saturated rings. The number of nitrogens with zero attached hydrogens (tertiary/aromatic N) is 3. The molecule has 0 atom stereocenters. The second-order valence-electron chi connectivity index (χ2n) is 3.13. The van der Waals surface area contributed by atoms with E-state index in [0.29, 0.717) is 13.0 Å². The second-order valence-corrected chi connectivity index (χ2v) is 3.46. The van der Waals surface area contributed by atoms with Gasteiger partial charge in [-0.3, -0.25) is 14.9 Å². The van der Waals surface area contributed by atoms with Gasteiger partial charge in [0.25, 0.3) is 0 Å². The van der Waals surface area contributed by atoms with Gasteiger partial charge in [-0.2, -0.15) is 4.98 Å². The van der Waals surface area contributed by atoms with Crippen LogP contribution < -0.4 is 11.1 Å². The van der Waals surface area contributed by atoms with Gasteiger partial charge in [0.15, 0.2) is 0 Å². The Labute approximate surface area is 101 Å². The van der Waals surface area contributed by atoms with E-state index in [1.54, 1.807) is 0 Å². The van der Waals surface area contributed by atoms with Gasteiger partial charge in [-0.15, -0.1) is 0 Å². The standard InChI is InChI=1S/C8H10ClN5O3/c9-8-12-4-5(14(16)17)7(13-8)11-3-1-2-6(10)15/h4H,1-3H2,(H2,10,15)(H,11,12,13). The number of nitrogens with two attached hydrogens (primary N) is 1. The summed E-state index contributed by atoms with van der Waals surface area (Å²) in [6.45, 7) is 0.330. The van der Waals surface area contributed by atoms with Crippen LogP contribution in [0.2, 0.25) is 5.28 Å². The maximum Gasteiger partial charge on any atom is 0.329 e. The van der Waals surface area contributed by atoms with Crippen LogP contribution in [0.15, 0.2) is 6.20 Å². The molecule has 0 saturated carbocycles. The quantitative estimate of drug-likeness (QED) is 0.336. The van der Waals surface area contributed by atoms with Gasteiger partial charge in [-0.1, -0.05) is 0 Å². The summed E-state index contributed by atoms with van der Waals surface area (Å²) >= 11 is 5.53. The Hall–Kier alpha value is -1.96. The summed E-state index contributed by atoms with van der Waals surface area (Å²) < 4.78 is 0. The molecule has 92 valence electrons. The minimum absolute atomic E-state index is 0.0273. The maximum absolute atomic E-state index is 10.6. The molecule has 17 heavy (non-hydrogen) atoms. The second kappa shape index (κ2) is 5.94. The third-order valence-corrected chi connectivity index (χ3v) is 2.01. The molecule has 0 unspecified atom stereocenters. The number of aromatic nitrogens is 2. The normalized spacial score (nSPS) is 9.94. The third-order valence-electron chi connectivity index (χ3n) is 1.83. The van der Waals surface area contributed by atoms with Gasteiger partial charge in [0, 0.05) is 13.0 Å². The third kappa shape index (κ3) is 4.19. The number of halogens is 1. The highest BCUT2D eigenvalue weighted by molar-refractivity contribution is 6.28. The number of carbonyl (C=O) groups is 1. The number of rotatable bonds is 6. The maximum atomic E-state index is 10.6. The van der Waals surface area contributed by atoms with E-state index in [0.717, 1.165) is 6.20 Å². The van der Waals surface area contributed by atoms with Crippen molar-refractivity contribution in [1.29, 1.82) is 0 Å². The first-order chi connectivity index (χ1) is 8.00. The molecule has 1 aromatic rings. The summed E-state index contributed by atoms with van der Waals surface area (Å²) in [4.78, 5) is 27.7. The van der Waals surface area contributed by atoms with Crippen molar-refractivity contribution < 1.29 is 9.72 Å². The van der Waals surface area contributed by atoms with Crippen molar-refractivity contribution in [2.45, 2.75) is 12.8 Å². The van der Waals surface area contributed by atoms with Crippen molar-refractivity contribution in [2.75, 3.05) is 11.9 Å². The molecule has 0 aliphatic carbocycles. The SMILES string of the molecule is NC(=O)CCCNc1nc(Cl)ncc1[N+](=O)[O-]. The first-order valence-electron chi connectivity index (χ1n) is 4.70. The number of hydrogen-bond acceptors (Lipinski definition) is 6. The Morgan fingerprint density at radius 2 is 2.35 bits per heavy atom. The first-order valence-corrected chi connectivity index (χ1v) is 5.07. The Morgan fingerprint density at radius 1 is 1.65 bits per heavy atom. The lowest BCUT2D eigenvalue weighted by Crippen LogP contribution is -2.13. The lowest BCUT2D eigenvalue weighted by molar-refractivity contribution is -0.384. The fraction of sp³-hybridized carbons (Fsp3) is 0.375. The van der Waals surface area contributed by atoms with Gasteiger partial charge in [-0.25, -0.2) is 4.98 Å². The fourth-order valence-corrected chi connectivity index (χ4v) is 1.22. The van der Waals surface area contributed by atoms with Gasteiger partial charge in [0.1, 0.15) is 6.20 Å². The fourth-order valence-electron chi connectivity index (χ4n) is 1.09. The number of nitro groups is 1. The largest absolute Gasteiger partial charge is 0.370 e. The van der Waals surface area contributed by atoms with Crippen LogP contribution in [-0.4, -0.2) is 27.3 Å². The predicted octanol–water partition coefficient (Wildman–Crippen LogP) is 0.716. The van der Waals surface area contributed by atoms with E-state index in [1.807, 2.05) is 0 Å². The van der Waals surface area contributed by atoms with E-state index in [2.05, 4.69) is 15.3 Å². The minimum atomic E-state index is -0.618. The highest BCUT2D eigenvalue weighted by Gasteiger charge is 2.16. The minimum Gasteiger partial charge on any atom is -0.370 e. The van der Waals surface area contributed by atoms with Crippen LogP contribution in [0.25, 0.3) is 0 Å². The van der Waals surface area contributed by atoms with Crippen molar-refractivity contribution in [1.82, 2.24) is 9.97 Å². The van der Waals surface area contributed by atoms with Crippen LogP contribution in [0, 0.1) is 10.1 Å². The average molecular weight is 260 g/mol. The monoisotopic (exact) mass is 259 g/mol. The van der Waals surface area contributed by atoms with Crippen LogP contribution in [-0.2, 0) is 4.79 Å². The summed E-state index contributed by atoms with van der Waals surface area (Å²) in [5.74, 6) is -0.401. The Kier molecular flexibility index (Phi) is 4.58. The number of hydrogen-bond donors (Lipinski definition) is 2. The van der Waals surface area contributed by atoms with Gasteiger partial charge in [0.05, 0.1) is 4.92 Å². The van der Waals surface area contributed by atoms with Gasteiger partial charge >= 0.3 is 5.69 Å². The molecule has 0 radical (unpaired) electrons. The smallest absolute Gasteiger partial charge is 0.329 e. The molecule has 1 aromatic heterocycles. The van der Waals surface area contributed by atoms with E-state index < -0.39 is 10.8 Å². The zero-order valence-electron chi connectivity index (χ0n) is 8.72. The molecule has 3 N–H and O–H groups in total. The summed E-state index contributed by atoms with van der Waals surface area (Å²) in [7, 11) is 0. The van der Waals surface area contributed by atoms with Gasteiger partial charge in [-0.05, 0) is 18.0 Å². The van der Waals surface area contributed by atoms with E-state index in [4.69, 9.17) is 17.3 Å². The van der Waals surface area contributed by atoms with Crippen LogP contribution in [0.3, 0.4) is 0 Å². The van der Waals surface area contributed by atoms with Gasteiger partial charge < -0.3 is 11.1 Å². The molecular formula is C8H10ClN5O3. The molecule has 0 aliphatic heterocycles. The molecule has 9 heteroatoms. The van der Waals surface area contributed by atoms with Crippen LogP contribution in [0.1, 0.15) is 12.8 Å². The molecule has 1 rings (SSSR count). The molecule has 1 amide bonds. The van der Waals surface area contributed by atoms with E-state index in [9.17, 15) is 14.9 Å². The average Bonchev–Trinajstić information content (AvgIpc) is 2.23. The molecule has 0 spiro atoms. The number of primary amides is 1. The Balaban J connectivity index is 2.65. The first kappa shape index (κ1) is 13.1. The van der Waals surface area contributed by atoms with E-state index >= 15 is 0 Å². The van der Waals surface area contributed by atoms with Crippen molar-refractivity contribution >= 4 is 29.0 Å². The molecule has 1 heterocycles. The van der Waals surface area contributed by atoms with E-state index in [-0.39, 0.29) is 23.2 Å². The zero-order chi connectivity index (χ0) is 12.8. The zero-order valence-corrected chi connectivity index (χ0v) is 9.48. The number of carbonyl (C=O) groups excluding carboxylic acids is 1. The predicted molar refractivity (Wildman–Crippen MR) is 60.6 cm³/mol. The summed E-state index contributed by atoms with van der Waals surface area (Å²) in [5, 5.41) is 13.3. The Bertz CT molecular complexity index is 439. The summed E-state index contributed by atoms with van der Waals surface area (Å²) in [6, 6.07) is 0. The number of nitrogens with one attached hydrogen (secondary N) is 1. The lowest BCUT2D eigenvalue weighted by atomic mass is 10.3. The van der Waals surface area contributed by atoms with Crippen LogP contribution >= 0.6 is 11.6 Å². The molecule has 0 aromatic carbocycles. The molecule has 0 bridgehead atoms. The summed E-state index contributed by atoms with van der Waals surface area (Å²) in [6.07, 6.45) is 1.67. The molecular weight excluding hydrogens is 250 g/mol.